The molecule has 0 aromatic heterocycles. The molecule has 0 spiro atoms. The van der Waals surface area contributed by atoms with Crippen LogP contribution in [0.5, 0.6) is 0 Å². The number of hydrogen-bond acceptors (Lipinski definition) is 2. The largest absolute Gasteiger partial charge is 0.375 e. The third kappa shape index (κ3) is 6.04. The molecule has 0 aliphatic carbocycles. The second-order valence-corrected chi connectivity index (χ2v) is 2.55. The highest BCUT2D eigenvalue weighted by molar-refractivity contribution is 14.1. The molecule has 3 nitrogen and oxygen atoms in total. The quantitative estimate of drug-likeness (QED) is 0.565. The fourth-order valence-electron chi connectivity index (χ4n) is 0.369. The van der Waals surface area contributed by atoms with E-state index in [4.69, 9.17) is 0 Å². The van der Waals surface area contributed by atoms with Crippen molar-refractivity contribution >= 4 is 28.5 Å². The van der Waals surface area contributed by atoms with Gasteiger partial charge in [0.25, 0.3) is 0 Å². The van der Waals surface area contributed by atoms with Crippen LogP contribution in [0.2, 0.25) is 0 Å². The van der Waals surface area contributed by atoms with Crippen molar-refractivity contribution in [3.63, 3.8) is 0 Å². The van der Waals surface area contributed by atoms with Crippen LogP contribution in [0.4, 0.5) is 0 Å². The van der Waals surface area contributed by atoms with E-state index in [-0.39, 0.29) is 12.5 Å². The van der Waals surface area contributed by atoms with Crippen LogP contribution in [0.1, 0.15) is 0 Å². The molecule has 0 fully saturated rings. The van der Waals surface area contributed by atoms with E-state index < -0.39 is 0 Å². The topological polar surface area (TPSA) is 38.3 Å². The zero-order chi connectivity index (χ0) is 7.11. The van der Waals surface area contributed by atoms with Gasteiger partial charge in [0.15, 0.2) is 0 Å². The normalized spacial score (nSPS) is 9.11. The average Bonchev–Trinajstić information content (AvgIpc) is 1.85. The summed E-state index contributed by atoms with van der Waals surface area (Å²) in [6, 6.07) is 0. The lowest BCUT2D eigenvalue weighted by Crippen LogP contribution is -2.28. The first-order valence-electron chi connectivity index (χ1n) is 2.63. The van der Waals surface area contributed by atoms with Crippen molar-refractivity contribution in [2.75, 3.05) is 24.7 Å². The Morgan fingerprint density at radius 1 is 1.78 bits per heavy atom. The van der Waals surface area contributed by atoms with Gasteiger partial charge in [-0.15, -0.1) is 0 Å². The summed E-state index contributed by atoms with van der Waals surface area (Å²) >= 11 is 2.19. The zero-order valence-corrected chi connectivity index (χ0v) is 7.47. The summed E-state index contributed by atoms with van der Waals surface area (Å²) in [5.74, 6) is -0.0471. The number of carbonyl (C=O) groups excluding carboxylic acids is 1. The van der Waals surface area contributed by atoms with Gasteiger partial charge in [-0.2, -0.15) is 0 Å². The van der Waals surface area contributed by atoms with Crippen LogP contribution in [-0.4, -0.2) is 30.6 Å². The van der Waals surface area contributed by atoms with Crippen molar-refractivity contribution in [2.24, 2.45) is 0 Å². The molecule has 0 aliphatic rings. The predicted octanol–water partition coefficient (Wildman–Crippen LogP) is 0.184. The fraction of sp³-hybridized carbons (Fsp3) is 0.800. The second-order valence-electron chi connectivity index (χ2n) is 1.47. The van der Waals surface area contributed by atoms with Gasteiger partial charge < -0.3 is 10.1 Å². The van der Waals surface area contributed by atoms with E-state index in [1.165, 1.54) is 7.11 Å². The van der Waals surface area contributed by atoms with Gasteiger partial charge in [0.1, 0.15) is 6.61 Å². The molecule has 0 aromatic carbocycles. The smallest absolute Gasteiger partial charge is 0.246 e. The number of amides is 1. The lowest BCUT2D eigenvalue weighted by atomic mass is 10.6. The van der Waals surface area contributed by atoms with Gasteiger partial charge in [-0.3, -0.25) is 4.79 Å². The molecule has 9 heavy (non-hydrogen) atoms. The molecule has 54 valence electrons. The van der Waals surface area contributed by atoms with Gasteiger partial charge in [0, 0.05) is 18.1 Å². The summed E-state index contributed by atoms with van der Waals surface area (Å²) in [5, 5.41) is 2.66. The molecule has 0 aliphatic heterocycles. The highest BCUT2D eigenvalue weighted by Crippen LogP contribution is 1.76. The second kappa shape index (κ2) is 6.28. The van der Waals surface area contributed by atoms with Crippen molar-refractivity contribution in [1.29, 1.82) is 0 Å². The Bertz CT molecular complexity index is 87.0. The Balaban J connectivity index is 3.06. The maximum atomic E-state index is 10.6. The van der Waals surface area contributed by atoms with Gasteiger partial charge in [-0.05, 0) is 0 Å². The van der Waals surface area contributed by atoms with E-state index in [9.17, 15) is 4.79 Å². The summed E-state index contributed by atoms with van der Waals surface area (Å²) in [5.41, 5.74) is 0. The summed E-state index contributed by atoms with van der Waals surface area (Å²) in [4.78, 5) is 10.6. The van der Waals surface area contributed by atoms with Crippen LogP contribution in [0, 0.1) is 0 Å². The van der Waals surface area contributed by atoms with Gasteiger partial charge >= 0.3 is 0 Å². The minimum atomic E-state index is -0.0471. The minimum Gasteiger partial charge on any atom is -0.375 e. The Kier molecular flexibility index (Phi) is 6.39. The molecule has 0 heterocycles. The van der Waals surface area contributed by atoms with E-state index in [1.807, 2.05) is 0 Å². The van der Waals surface area contributed by atoms with E-state index in [1.54, 1.807) is 0 Å². The highest BCUT2D eigenvalue weighted by Gasteiger charge is 1.95. The van der Waals surface area contributed by atoms with Gasteiger partial charge in [-0.25, -0.2) is 0 Å². The molecule has 0 radical (unpaired) electrons. The van der Waals surface area contributed by atoms with Crippen LogP contribution in [0.3, 0.4) is 0 Å². The van der Waals surface area contributed by atoms with Crippen LogP contribution in [0.25, 0.3) is 0 Å². The lowest BCUT2D eigenvalue weighted by molar-refractivity contribution is -0.124. The predicted molar refractivity (Wildman–Crippen MR) is 43.8 cm³/mol. The first kappa shape index (κ1) is 9.16. The molecule has 1 amide bonds. The van der Waals surface area contributed by atoms with Crippen LogP contribution >= 0.6 is 22.6 Å². The number of hydrogen-bond donors (Lipinski definition) is 1. The SMILES string of the molecule is COCC(=O)NCCI. The number of carbonyl (C=O) groups is 1. The Labute approximate surface area is 68.3 Å². The Morgan fingerprint density at radius 3 is 2.89 bits per heavy atom. The van der Waals surface area contributed by atoms with E-state index in [0.717, 1.165) is 11.0 Å². The standard InChI is InChI=1S/C5H10INO2/c1-9-4-5(8)7-3-2-6/h2-4H2,1H3,(H,7,8). The average molecular weight is 243 g/mol. The summed E-state index contributed by atoms with van der Waals surface area (Å²) < 4.78 is 5.52. The maximum Gasteiger partial charge on any atom is 0.246 e. The molecule has 0 bridgehead atoms. The number of halogens is 1. The first-order valence-corrected chi connectivity index (χ1v) is 4.15. The number of alkyl halides is 1. The molecule has 0 saturated heterocycles. The monoisotopic (exact) mass is 243 g/mol. The molecule has 0 atom stereocenters. The number of rotatable bonds is 4. The summed E-state index contributed by atoms with van der Waals surface area (Å²) in [6.07, 6.45) is 0. The van der Waals surface area contributed by atoms with Crippen molar-refractivity contribution in [3.05, 3.63) is 0 Å². The molecular weight excluding hydrogens is 233 g/mol. The van der Waals surface area contributed by atoms with Gasteiger partial charge in [-0.1, -0.05) is 22.6 Å². The minimum absolute atomic E-state index is 0.0471. The summed E-state index contributed by atoms with van der Waals surface area (Å²) in [6.45, 7) is 0.888. The van der Waals surface area contributed by atoms with Crippen LogP contribution < -0.4 is 5.32 Å². The fourth-order valence-corrected chi connectivity index (χ4v) is 0.638. The molecule has 0 aromatic rings. The lowest BCUT2D eigenvalue weighted by Gasteiger charge is -1.99. The molecule has 0 saturated carbocycles. The van der Waals surface area contributed by atoms with E-state index in [2.05, 4.69) is 32.6 Å². The zero-order valence-electron chi connectivity index (χ0n) is 5.32. The molecule has 4 heteroatoms. The first-order chi connectivity index (χ1) is 4.31. The highest BCUT2D eigenvalue weighted by atomic mass is 127. The van der Waals surface area contributed by atoms with E-state index >= 15 is 0 Å². The maximum absolute atomic E-state index is 10.6. The Morgan fingerprint density at radius 2 is 2.44 bits per heavy atom. The number of methoxy groups -OCH3 is 1. The van der Waals surface area contributed by atoms with Crippen molar-refractivity contribution < 1.29 is 9.53 Å². The van der Waals surface area contributed by atoms with Crippen molar-refractivity contribution in [1.82, 2.24) is 5.32 Å². The third-order valence-electron chi connectivity index (χ3n) is 0.692. The Hall–Kier alpha value is 0.160. The molecule has 0 unspecified atom stereocenters. The molecular formula is C5H10INO2. The molecule has 1 N–H and O–H groups in total. The van der Waals surface area contributed by atoms with Gasteiger partial charge in [0.2, 0.25) is 5.91 Å². The van der Waals surface area contributed by atoms with E-state index in [0.29, 0.717) is 0 Å². The number of ether oxygens (including phenoxy) is 1. The van der Waals surface area contributed by atoms with Gasteiger partial charge in [0.05, 0.1) is 0 Å². The summed E-state index contributed by atoms with van der Waals surface area (Å²) in [7, 11) is 1.50. The molecule has 0 rings (SSSR count). The number of nitrogens with one attached hydrogen (secondary N) is 1. The van der Waals surface area contributed by atoms with Crippen molar-refractivity contribution in [3.8, 4) is 0 Å². The van der Waals surface area contributed by atoms with Crippen LogP contribution in [-0.2, 0) is 9.53 Å². The van der Waals surface area contributed by atoms with Crippen molar-refractivity contribution in [2.45, 2.75) is 0 Å². The third-order valence-corrected chi connectivity index (χ3v) is 1.23. The van der Waals surface area contributed by atoms with Crippen LogP contribution in [0.15, 0.2) is 0 Å².